The van der Waals surface area contributed by atoms with Crippen LogP contribution in [0.4, 0.5) is 49.5 Å². The Balaban J connectivity index is 1.72. The second-order valence-electron chi connectivity index (χ2n) is 7.61. The van der Waals surface area contributed by atoms with E-state index in [9.17, 15) is 26.3 Å². The Bertz CT molecular complexity index is 933. The third kappa shape index (κ3) is 5.33. The summed E-state index contributed by atoms with van der Waals surface area (Å²) in [6, 6.07) is 4.98. The molecule has 6 N–H and O–H groups in total. The molecule has 0 radical (unpaired) electrons. The van der Waals surface area contributed by atoms with Crippen LogP contribution in [0.25, 0.3) is 0 Å². The molecule has 1 aromatic heterocycles. The molecule has 0 unspecified atom stereocenters. The Morgan fingerprint density at radius 2 is 1.64 bits per heavy atom. The maximum atomic E-state index is 12.8. The van der Waals surface area contributed by atoms with Crippen molar-refractivity contribution in [1.82, 2.24) is 9.97 Å². The van der Waals surface area contributed by atoms with Crippen molar-refractivity contribution in [3.8, 4) is 5.75 Å². The first kappa shape index (κ1) is 24.6. The van der Waals surface area contributed by atoms with Crippen LogP contribution in [0.5, 0.6) is 5.75 Å². The molecule has 1 aliphatic rings. The number of ether oxygens (including phenoxy) is 1. The van der Waals surface area contributed by atoms with Gasteiger partial charge in [-0.25, -0.2) is 10.8 Å². The predicted octanol–water partition coefficient (Wildman–Crippen LogP) is 3.66. The Morgan fingerprint density at radius 1 is 1.06 bits per heavy atom. The van der Waals surface area contributed by atoms with Crippen LogP contribution in [0.1, 0.15) is 25.7 Å². The van der Waals surface area contributed by atoms with Gasteiger partial charge >= 0.3 is 12.4 Å². The lowest BCUT2D eigenvalue weighted by Gasteiger charge is -2.31. The molecule has 8 nitrogen and oxygen atoms in total. The molecule has 0 amide bonds. The average Bonchev–Trinajstić information content (AvgIpc) is 3.24. The zero-order valence-electron chi connectivity index (χ0n) is 17.1. The van der Waals surface area contributed by atoms with Crippen molar-refractivity contribution in [3.05, 3.63) is 30.5 Å². The largest absolute Gasteiger partial charge is 0.490 e. The van der Waals surface area contributed by atoms with Gasteiger partial charge in [-0.3, -0.25) is 5.01 Å². The van der Waals surface area contributed by atoms with Gasteiger partial charge in [0.05, 0.1) is 17.6 Å². The van der Waals surface area contributed by atoms with E-state index in [1.165, 1.54) is 18.3 Å². The first-order valence-corrected chi connectivity index (χ1v) is 9.84. The van der Waals surface area contributed by atoms with Crippen molar-refractivity contribution in [2.24, 2.45) is 5.84 Å². The summed E-state index contributed by atoms with van der Waals surface area (Å²) in [6.07, 6.45) is -6.43. The summed E-state index contributed by atoms with van der Waals surface area (Å²) in [5.41, 5.74) is 1.30. The number of nitrogens with two attached hydrogens (primary N) is 2. The Kier molecular flexibility index (Phi) is 6.79. The lowest BCUT2D eigenvalue weighted by Crippen LogP contribution is -2.60. The second-order valence-corrected chi connectivity index (χ2v) is 7.61. The molecule has 2 aromatic rings. The van der Waals surface area contributed by atoms with Crippen molar-refractivity contribution in [1.29, 1.82) is 0 Å². The van der Waals surface area contributed by atoms with Crippen molar-refractivity contribution >= 4 is 23.1 Å². The minimum absolute atomic E-state index is 0.141. The van der Waals surface area contributed by atoms with Crippen molar-refractivity contribution in [2.75, 3.05) is 22.7 Å². The van der Waals surface area contributed by atoms with E-state index in [2.05, 4.69) is 20.0 Å². The average molecular weight is 480 g/mol. The molecule has 1 saturated carbocycles. The van der Waals surface area contributed by atoms with E-state index in [1.54, 1.807) is 0 Å². The van der Waals surface area contributed by atoms with E-state index in [0.717, 1.165) is 42.8 Å². The van der Waals surface area contributed by atoms with Crippen molar-refractivity contribution in [3.63, 3.8) is 0 Å². The minimum atomic E-state index is -5.98. The van der Waals surface area contributed by atoms with Crippen LogP contribution < -0.4 is 26.6 Å². The number of hydrazine groups is 1. The number of anilines is 4. The number of nitrogens with one attached hydrogen (secondary N) is 1. The van der Waals surface area contributed by atoms with Crippen molar-refractivity contribution in [2.45, 2.75) is 49.7 Å². The van der Waals surface area contributed by atoms with Gasteiger partial charge in [-0.2, -0.15) is 31.3 Å². The molecule has 0 spiro atoms. The van der Waals surface area contributed by atoms with Gasteiger partial charge in [0.2, 0.25) is 5.95 Å². The Labute approximate surface area is 184 Å². The maximum Gasteiger partial charge on any atom is 0.429 e. The molecule has 0 bridgehead atoms. The highest BCUT2D eigenvalue weighted by Crippen LogP contribution is 2.43. The number of hydrogen-bond acceptors (Lipinski definition) is 8. The molecular formula is C19H22F6N6O2. The molecule has 14 heteroatoms. The van der Waals surface area contributed by atoms with E-state index in [1.807, 2.05) is 0 Å². The monoisotopic (exact) mass is 480 g/mol. The summed E-state index contributed by atoms with van der Waals surface area (Å²) >= 11 is 0. The summed E-state index contributed by atoms with van der Waals surface area (Å²) in [4.78, 5) is 8.42. The fourth-order valence-electron chi connectivity index (χ4n) is 3.23. The number of nitrogen functional groups attached to an aromatic ring is 1. The molecule has 1 aromatic carbocycles. The van der Waals surface area contributed by atoms with Gasteiger partial charge in [0, 0.05) is 6.04 Å². The summed E-state index contributed by atoms with van der Waals surface area (Å²) < 4.78 is 81.1. The standard InChI is InChI=1S/C19H22F6N6O2/c20-18(21,22)17(32,19(23,24)25)10-33-13-7-5-12(6-8-13)31(27)15-14(26)9-28-16(30-15)29-11-3-1-2-4-11/h5-9,11,32H,1-4,10,26-27H2,(H,28,29,30). The Morgan fingerprint density at radius 3 is 2.18 bits per heavy atom. The van der Waals surface area contributed by atoms with Crippen LogP contribution in [0, 0.1) is 0 Å². The summed E-state index contributed by atoms with van der Waals surface area (Å²) in [7, 11) is 0. The van der Waals surface area contributed by atoms with E-state index < -0.39 is 24.6 Å². The fourth-order valence-corrected chi connectivity index (χ4v) is 3.23. The van der Waals surface area contributed by atoms with Crippen LogP contribution in [-0.4, -0.2) is 45.7 Å². The number of aliphatic hydroxyl groups is 1. The van der Waals surface area contributed by atoms with Gasteiger partial charge in [-0.15, -0.1) is 0 Å². The molecule has 3 rings (SSSR count). The first-order chi connectivity index (χ1) is 15.3. The number of hydrogen-bond donors (Lipinski definition) is 4. The molecular weight excluding hydrogens is 458 g/mol. The van der Waals surface area contributed by atoms with E-state index in [-0.39, 0.29) is 29.0 Å². The first-order valence-electron chi connectivity index (χ1n) is 9.84. The zero-order chi connectivity index (χ0) is 24.4. The van der Waals surface area contributed by atoms with Crippen molar-refractivity contribution < 1.29 is 36.2 Å². The molecule has 0 aliphatic heterocycles. The van der Waals surface area contributed by atoms with Crippen LogP contribution in [0.3, 0.4) is 0 Å². The van der Waals surface area contributed by atoms with Gasteiger partial charge in [0.1, 0.15) is 12.4 Å². The quantitative estimate of drug-likeness (QED) is 0.269. The Hall–Kier alpha value is -3.00. The van der Waals surface area contributed by atoms with Crippen LogP contribution in [0.2, 0.25) is 0 Å². The molecule has 33 heavy (non-hydrogen) atoms. The molecule has 0 saturated heterocycles. The molecule has 182 valence electrons. The van der Waals surface area contributed by atoms with Gasteiger partial charge in [0.25, 0.3) is 5.60 Å². The lowest BCUT2D eigenvalue weighted by molar-refractivity contribution is -0.373. The summed E-state index contributed by atoms with van der Waals surface area (Å²) in [6.45, 7) is -2.07. The number of aromatic nitrogens is 2. The highest BCUT2D eigenvalue weighted by molar-refractivity contribution is 5.70. The van der Waals surface area contributed by atoms with E-state index >= 15 is 0 Å². The highest BCUT2D eigenvalue weighted by Gasteiger charge is 2.71. The lowest BCUT2D eigenvalue weighted by atomic mass is 10.0. The number of alkyl halides is 6. The summed E-state index contributed by atoms with van der Waals surface area (Å²) in [5.74, 6) is 6.17. The van der Waals surface area contributed by atoms with Gasteiger partial charge in [-0.05, 0) is 37.1 Å². The predicted molar refractivity (Wildman–Crippen MR) is 108 cm³/mol. The highest BCUT2D eigenvalue weighted by atomic mass is 19.4. The van der Waals surface area contributed by atoms with Crippen LogP contribution in [0.15, 0.2) is 30.5 Å². The van der Waals surface area contributed by atoms with Gasteiger partial charge in [0.15, 0.2) is 5.82 Å². The van der Waals surface area contributed by atoms with Gasteiger partial charge < -0.3 is 20.9 Å². The maximum absolute atomic E-state index is 12.8. The topological polar surface area (TPSA) is 123 Å². The number of halogens is 6. The van der Waals surface area contributed by atoms with Gasteiger partial charge in [-0.1, -0.05) is 12.8 Å². The number of benzene rings is 1. The van der Waals surface area contributed by atoms with E-state index in [4.69, 9.17) is 16.7 Å². The molecule has 1 fully saturated rings. The molecule has 0 atom stereocenters. The molecule has 1 heterocycles. The SMILES string of the molecule is Nc1cnc(NC2CCCC2)nc1N(N)c1ccc(OCC(O)(C(F)(F)F)C(F)(F)F)cc1. The normalized spacial score (nSPS) is 15.5. The number of nitrogens with zero attached hydrogens (tertiary/aromatic N) is 3. The minimum Gasteiger partial charge on any atom is -0.490 e. The summed E-state index contributed by atoms with van der Waals surface area (Å²) in [5, 5.41) is 13.4. The smallest absolute Gasteiger partial charge is 0.429 e. The van der Waals surface area contributed by atoms with Crippen LogP contribution in [-0.2, 0) is 0 Å². The zero-order valence-corrected chi connectivity index (χ0v) is 17.1. The number of rotatable bonds is 7. The third-order valence-electron chi connectivity index (χ3n) is 5.21. The fraction of sp³-hybridized carbons (Fsp3) is 0.474. The third-order valence-corrected chi connectivity index (χ3v) is 5.21. The second kappa shape index (κ2) is 9.09. The van der Waals surface area contributed by atoms with E-state index in [0.29, 0.717) is 5.95 Å². The molecule has 1 aliphatic carbocycles. The van der Waals surface area contributed by atoms with Crippen LogP contribution >= 0.6 is 0 Å².